The third kappa shape index (κ3) is 4.02. The van der Waals surface area contributed by atoms with Gasteiger partial charge in [0.1, 0.15) is 0 Å². The van der Waals surface area contributed by atoms with Gasteiger partial charge in [0.25, 0.3) is 0 Å². The van der Waals surface area contributed by atoms with Crippen LogP contribution in [0.3, 0.4) is 0 Å². The van der Waals surface area contributed by atoms with Crippen LogP contribution in [0.25, 0.3) is 0 Å². The highest BCUT2D eigenvalue weighted by Gasteiger charge is 2.11. The van der Waals surface area contributed by atoms with Crippen molar-refractivity contribution in [3.63, 3.8) is 0 Å². The second-order valence-corrected chi connectivity index (χ2v) is 4.60. The molecule has 1 heterocycles. The van der Waals surface area contributed by atoms with Gasteiger partial charge in [-0.2, -0.15) is 0 Å². The van der Waals surface area contributed by atoms with E-state index >= 15 is 0 Å². The molecule has 0 atom stereocenters. The predicted molar refractivity (Wildman–Crippen MR) is 71.3 cm³/mol. The van der Waals surface area contributed by atoms with Crippen LogP contribution in [0.15, 0.2) is 24.3 Å². The molecule has 2 rings (SSSR count). The monoisotopic (exact) mass is 234 g/mol. The Bertz CT molecular complexity index is 317. The lowest BCUT2D eigenvalue weighted by Crippen LogP contribution is -2.18. The molecule has 0 aromatic heterocycles. The Morgan fingerprint density at radius 1 is 1.18 bits per heavy atom. The van der Waals surface area contributed by atoms with E-state index in [2.05, 4.69) is 34.5 Å². The van der Waals surface area contributed by atoms with E-state index in [0.29, 0.717) is 0 Å². The van der Waals surface area contributed by atoms with Crippen LogP contribution in [0.1, 0.15) is 18.4 Å². The van der Waals surface area contributed by atoms with Crippen molar-refractivity contribution in [3.8, 4) is 0 Å². The van der Waals surface area contributed by atoms with Crippen molar-refractivity contribution in [1.29, 1.82) is 0 Å². The Morgan fingerprint density at radius 3 is 2.53 bits per heavy atom. The summed E-state index contributed by atoms with van der Waals surface area (Å²) < 4.78 is 5.01. The zero-order chi connectivity index (χ0) is 11.9. The van der Waals surface area contributed by atoms with Gasteiger partial charge >= 0.3 is 0 Å². The Kier molecular flexibility index (Phi) is 4.83. The molecule has 3 heteroatoms. The second-order valence-electron chi connectivity index (χ2n) is 4.60. The van der Waals surface area contributed by atoms with Crippen LogP contribution in [0, 0.1) is 0 Å². The molecule has 1 N–H and O–H groups in total. The van der Waals surface area contributed by atoms with Crippen LogP contribution in [0.5, 0.6) is 0 Å². The molecule has 1 aromatic carbocycles. The number of hydrogen-bond acceptors (Lipinski definition) is 3. The average molecular weight is 234 g/mol. The highest BCUT2D eigenvalue weighted by atomic mass is 16.5. The molecule has 0 unspecified atom stereocenters. The highest BCUT2D eigenvalue weighted by molar-refractivity contribution is 5.44. The molecule has 1 saturated heterocycles. The summed E-state index contributed by atoms with van der Waals surface area (Å²) in [7, 11) is 1.72. The van der Waals surface area contributed by atoms with Crippen LogP contribution >= 0.6 is 0 Å². The van der Waals surface area contributed by atoms with Crippen LogP contribution in [-0.2, 0) is 11.3 Å². The number of anilines is 1. The minimum Gasteiger partial charge on any atom is -0.383 e. The average Bonchev–Trinajstić information content (AvgIpc) is 2.85. The SMILES string of the molecule is COCCNc1ccc(CN2CCCC2)cc1. The number of methoxy groups -OCH3 is 1. The fraction of sp³-hybridized carbons (Fsp3) is 0.571. The molecule has 94 valence electrons. The maximum atomic E-state index is 5.01. The Hall–Kier alpha value is -1.06. The Balaban J connectivity index is 1.80. The van der Waals surface area contributed by atoms with Gasteiger partial charge in [0.15, 0.2) is 0 Å². The molecule has 0 bridgehead atoms. The number of nitrogens with zero attached hydrogens (tertiary/aromatic N) is 1. The molecular weight excluding hydrogens is 212 g/mol. The predicted octanol–water partition coefficient (Wildman–Crippen LogP) is 2.34. The summed E-state index contributed by atoms with van der Waals surface area (Å²) in [5.74, 6) is 0. The fourth-order valence-corrected chi connectivity index (χ4v) is 2.22. The van der Waals surface area contributed by atoms with Crippen molar-refractivity contribution in [2.75, 3.05) is 38.7 Å². The molecule has 0 spiro atoms. The highest BCUT2D eigenvalue weighted by Crippen LogP contribution is 2.14. The van der Waals surface area contributed by atoms with Gasteiger partial charge in [0, 0.05) is 25.9 Å². The lowest BCUT2D eigenvalue weighted by molar-refractivity contribution is 0.211. The lowest BCUT2D eigenvalue weighted by atomic mass is 10.2. The quantitative estimate of drug-likeness (QED) is 0.765. The molecule has 0 saturated carbocycles. The first-order valence-corrected chi connectivity index (χ1v) is 6.42. The van der Waals surface area contributed by atoms with Crippen LogP contribution < -0.4 is 5.32 Å². The molecule has 1 aliphatic heterocycles. The maximum absolute atomic E-state index is 5.01. The van der Waals surface area contributed by atoms with Crippen LogP contribution in [-0.4, -0.2) is 38.3 Å². The van der Waals surface area contributed by atoms with Gasteiger partial charge in [-0.3, -0.25) is 4.90 Å². The van der Waals surface area contributed by atoms with E-state index in [1.165, 1.54) is 37.2 Å². The van der Waals surface area contributed by atoms with E-state index in [4.69, 9.17) is 4.74 Å². The van der Waals surface area contributed by atoms with Crippen molar-refractivity contribution in [2.45, 2.75) is 19.4 Å². The maximum Gasteiger partial charge on any atom is 0.0635 e. The number of rotatable bonds is 6. The second kappa shape index (κ2) is 6.62. The zero-order valence-corrected chi connectivity index (χ0v) is 10.6. The van der Waals surface area contributed by atoms with Crippen LogP contribution in [0.2, 0.25) is 0 Å². The number of likely N-dealkylation sites (tertiary alicyclic amines) is 1. The third-order valence-electron chi connectivity index (χ3n) is 3.19. The summed E-state index contributed by atoms with van der Waals surface area (Å²) in [4.78, 5) is 2.52. The molecule has 1 aromatic rings. The van der Waals surface area contributed by atoms with Gasteiger partial charge in [-0.1, -0.05) is 12.1 Å². The van der Waals surface area contributed by atoms with E-state index < -0.39 is 0 Å². The molecule has 0 aliphatic carbocycles. The van der Waals surface area contributed by atoms with Gasteiger partial charge in [0.05, 0.1) is 6.61 Å². The third-order valence-corrected chi connectivity index (χ3v) is 3.19. The van der Waals surface area contributed by atoms with Gasteiger partial charge in [-0.15, -0.1) is 0 Å². The molecule has 0 amide bonds. The standard InChI is InChI=1S/C14H22N2O/c1-17-11-8-15-14-6-4-13(5-7-14)12-16-9-2-3-10-16/h4-7,15H,2-3,8-12H2,1H3. The minimum atomic E-state index is 0.746. The number of ether oxygens (including phenoxy) is 1. The summed E-state index contributed by atoms with van der Waals surface area (Å²) >= 11 is 0. The molecule has 17 heavy (non-hydrogen) atoms. The summed E-state index contributed by atoms with van der Waals surface area (Å²) in [6.45, 7) is 5.22. The fourth-order valence-electron chi connectivity index (χ4n) is 2.22. The summed E-state index contributed by atoms with van der Waals surface area (Å²) in [6.07, 6.45) is 2.72. The normalized spacial score (nSPS) is 16.3. The van der Waals surface area contributed by atoms with Crippen molar-refractivity contribution in [3.05, 3.63) is 29.8 Å². The topological polar surface area (TPSA) is 24.5 Å². The first-order chi connectivity index (χ1) is 8.38. The molecule has 0 radical (unpaired) electrons. The summed E-state index contributed by atoms with van der Waals surface area (Å²) in [5, 5.41) is 3.33. The van der Waals surface area contributed by atoms with Crippen molar-refractivity contribution in [2.24, 2.45) is 0 Å². The lowest BCUT2D eigenvalue weighted by Gasteiger charge is -2.14. The molecule has 3 nitrogen and oxygen atoms in total. The Morgan fingerprint density at radius 2 is 1.88 bits per heavy atom. The molecule has 1 aliphatic rings. The summed E-state index contributed by atoms with van der Waals surface area (Å²) in [6, 6.07) is 8.74. The van der Waals surface area contributed by atoms with Crippen molar-refractivity contribution >= 4 is 5.69 Å². The number of benzene rings is 1. The van der Waals surface area contributed by atoms with E-state index in [1.54, 1.807) is 7.11 Å². The van der Waals surface area contributed by atoms with Gasteiger partial charge in [0.2, 0.25) is 0 Å². The first kappa shape index (κ1) is 12.4. The number of nitrogens with one attached hydrogen (secondary N) is 1. The van der Waals surface area contributed by atoms with E-state index in [9.17, 15) is 0 Å². The van der Waals surface area contributed by atoms with E-state index in [-0.39, 0.29) is 0 Å². The minimum absolute atomic E-state index is 0.746. The first-order valence-electron chi connectivity index (χ1n) is 6.42. The zero-order valence-electron chi connectivity index (χ0n) is 10.6. The molecular formula is C14H22N2O. The van der Waals surface area contributed by atoms with Crippen molar-refractivity contribution in [1.82, 2.24) is 4.90 Å². The van der Waals surface area contributed by atoms with E-state index in [1.807, 2.05) is 0 Å². The van der Waals surface area contributed by atoms with E-state index in [0.717, 1.165) is 19.7 Å². The van der Waals surface area contributed by atoms with Gasteiger partial charge < -0.3 is 10.1 Å². The smallest absolute Gasteiger partial charge is 0.0635 e. The van der Waals surface area contributed by atoms with Crippen LogP contribution in [0.4, 0.5) is 5.69 Å². The largest absolute Gasteiger partial charge is 0.383 e. The van der Waals surface area contributed by atoms with Crippen molar-refractivity contribution < 1.29 is 4.74 Å². The molecule has 1 fully saturated rings. The Labute approximate surface area is 104 Å². The number of hydrogen-bond donors (Lipinski definition) is 1. The van der Waals surface area contributed by atoms with Gasteiger partial charge in [-0.25, -0.2) is 0 Å². The van der Waals surface area contributed by atoms with Gasteiger partial charge in [-0.05, 0) is 43.6 Å². The summed E-state index contributed by atoms with van der Waals surface area (Å²) in [5.41, 5.74) is 2.58.